The van der Waals surface area contributed by atoms with Crippen LogP contribution in [0.15, 0.2) is 36.5 Å². The molecule has 0 aliphatic rings. The highest BCUT2D eigenvalue weighted by Crippen LogP contribution is 2.25. The summed E-state index contributed by atoms with van der Waals surface area (Å²) in [5, 5.41) is 0.248. The zero-order chi connectivity index (χ0) is 12.3. The van der Waals surface area contributed by atoms with E-state index < -0.39 is 0 Å². The summed E-state index contributed by atoms with van der Waals surface area (Å²) in [6.07, 6.45) is 3.37. The fourth-order valence-corrected chi connectivity index (χ4v) is 1.95. The number of carbonyl (C=O) groups excluding carboxylic acids is 1. The number of hydrogen-bond donors (Lipinski definition) is 0. The third-order valence-corrected chi connectivity index (χ3v) is 3.02. The average molecular weight is 246 g/mol. The Kier molecular flexibility index (Phi) is 3.55. The van der Waals surface area contributed by atoms with E-state index in [0.717, 1.165) is 23.8 Å². The van der Waals surface area contributed by atoms with Gasteiger partial charge in [-0.3, -0.25) is 4.79 Å². The van der Waals surface area contributed by atoms with Crippen LogP contribution in [0.3, 0.4) is 0 Å². The van der Waals surface area contributed by atoms with E-state index in [1.807, 2.05) is 18.2 Å². The number of aromatic nitrogens is 1. The monoisotopic (exact) mass is 245 g/mol. The molecule has 0 radical (unpaired) electrons. The highest BCUT2D eigenvalue weighted by atomic mass is 35.5. The predicted molar refractivity (Wildman–Crippen MR) is 69.4 cm³/mol. The lowest BCUT2D eigenvalue weighted by Crippen LogP contribution is -1.91. The van der Waals surface area contributed by atoms with Gasteiger partial charge in [-0.15, -0.1) is 0 Å². The van der Waals surface area contributed by atoms with E-state index >= 15 is 0 Å². The molecule has 17 heavy (non-hydrogen) atoms. The number of hydrogen-bond acceptors (Lipinski definition) is 2. The van der Waals surface area contributed by atoms with Crippen LogP contribution in [-0.2, 0) is 6.42 Å². The number of aryl methyl sites for hydroxylation is 1. The number of halogens is 1. The minimum absolute atomic E-state index is 0.248. The van der Waals surface area contributed by atoms with E-state index in [9.17, 15) is 4.79 Å². The van der Waals surface area contributed by atoms with Crippen LogP contribution in [0.1, 0.15) is 22.8 Å². The van der Waals surface area contributed by atoms with Crippen LogP contribution in [-0.4, -0.2) is 11.3 Å². The molecule has 0 fully saturated rings. The second-order valence-electron chi connectivity index (χ2n) is 3.73. The van der Waals surface area contributed by atoms with Gasteiger partial charge < -0.3 is 0 Å². The minimum Gasteiger partial charge on any atom is -0.298 e. The number of carbonyl (C=O) groups is 1. The van der Waals surface area contributed by atoms with Crippen molar-refractivity contribution in [2.45, 2.75) is 13.3 Å². The number of pyridine rings is 1. The largest absolute Gasteiger partial charge is 0.298 e. The molecule has 0 bridgehead atoms. The van der Waals surface area contributed by atoms with Gasteiger partial charge in [-0.1, -0.05) is 42.8 Å². The normalized spacial score (nSPS) is 10.2. The van der Waals surface area contributed by atoms with Crippen LogP contribution in [0.5, 0.6) is 0 Å². The molecule has 0 aliphatic carbocycles. The lowest BCUT2D eigenvalue weighted by Gasteiger charge is -2.08. The van der Waals surface area contributed by atoms with Crippen molar-refractivity contribution in [2.24, 2.45) is 0 Å². The molecule has 2 nitrogen and oxygen atoms in total. The second kappa shape index (κ2) is 5.11. The van der Waals surface area contributed by atoms with Crippen molar-refractivity contribution >= 4 is 17.9 Å². The average Bonchev–Trinajstić information content (AvgIpc) is 2.39. The van der Waals surface area contributed by atoms with Crippen molar-refractivity contribution in [3.8, 4) is 11.1 Å². The van der Waals surface area contributed by atoms with E-state index in [4.69, 9.17) is 11.6 Å². The quantitative estimate of drug-likeness (QED) is 0.609. The molecule has 2 aromatic rings. The standard InChI is InChI=1S/C14H12ClNO/c1-2-10-5-3-4-6-13(10)11-7-12(9-17)14(15)16-8-11/h3-9H,2H2,1H3. The summed E-state index contributed by atoms with van der Waals surface area (Å²) in [5.74, 6) is 0. The Morgan fingerprint density at radius 1 is 1.35 bits per heavy atom. The molecule has 1 aromatic heterocycles. The van der Waals surface area contributed by atoms with Crippen molar-refractivity contribution in [3.05, 3.63) is 52.8 Å². The van der Waals surface area contributed by atoms with Gasteiger partial charge in [0, 0.05) is 11.8 Å². The molecule has 1 aromatic carbocycles. The second-order valence-corrected chi connectivity index (χ2v) is 4.09. The molecule has 86 valence electrons. The Balaban J connectivity index is 2.56. The summed E-state index contributed by atoms with van der Waals surface area (Å²) in [7, 11) is 0. The highest BCUT2D eigenvalue weighted by Gasteiger charge is 2.07. The van der Waals surface area contributed by atoms with E-state index in [2.05, 4.69) is 18.0 Å². The number of rotatable bonds is 3. The van der Waals surface area contributed by atoms with Crippen molar-refractivity contribution in [1.29, 1.82) is 0 Å². The van der Waals surface area contributed by atoms with Crippen LogP contribution in [0.4, 0.5) is 0 Å². The van der Waals surface area contributed by atoms with Gasteiger partial charge in [0.25, 0.3) is 0 Å². The first-order chi connectivity index (χ1) is 8.26. The third kappa shape index (κ3) is 2.37. The van der Waals surface area contributed by atoms with E-state index in [1.165, 1.54) is 5.56 Å². The van der Waals surface area contributed by atoms with E-state index in [-0.39, 0.29) is 5.15 Å². The Labute approximate surface area is 105 Å². The fourth-order valence-electron chi connectivity index (χ4n) is 1.81. The van der Waals surface area contributed by atoms with Gasteiger partial charge in [-0.2, -0.15) is 0 Å². The van der Waals surface area contributed by atoms with Crippen LogP contribution in [0, 0.1) is 0 Å². The molecule has 0 unspecified atom stereocenters. The molecule has 0 amide bonds. The smallest absolute Gasteiger partial charge is 0.153 e. The van der Waals surface area contributed by atoms with Gasteiger partial charge in [0.1, 0.15) is 5.15 Å². The Morgan fingerprint density at radius 3 is 2.82 bits per heavy atom. The highest BCUT2D eigenvalue weighted by molar-refractivity contribution is 6.31. The summed E-state index contributed by atoms with van der Waals surface area (Å²) in [6, 6.07) is 9.86. The first-order valence-electron chi connectivity index (χ1n) is 5.45. The maximum atomic E-state index is 10.8. The van der Waals surface area contributed by atoms with Gasteiger partial charge in [0.2, 0.25) is 0 Å². The molecule has 0 saturated carbocycles. The molecule has 0 aliphatic heterocycles. The molecule has 0 atom stereocenters. The number of nitrogens with zero attached hydrogens (tertiary/aromatic N) is 1. The molecule has 0 spiro atoms. The van der Waals surface area contributed by atoms with E-state index in [1.54, 1.807) is 12.3 Å². The van der Waals surface area contributed by atoms with Gasteiger partial charge in [-0.25, -0.2) is 4.98 Å². The predicted octanol–water partition coefficient (Wildman–Crippen LogP) is 3.78. The Hall–Kier alpha value is -1.67. The van der Waals surface area contributed by atoms with Gasteiger partial charge in [0.15, 0.2) is 6.29 Å². The van der Waals surface area contributed by atoms with Crippen molar-refractivity contribution < 1.29 is 4.79 Å². The number of benzene rings is 1. The summed E-state index contributed by atoms with van der Waals surface area (Å²) in [6.45, 7) is 2.10. The lowest BCUT2D eigenvalue weighted by atomic mass is 9.99. The fraction of sp³-hybridized carbons (Fsp3) is 0.143. The van der Waals surface area contributed by atoms with Gasteiger partial charge in [0.05, 0.1) is 5.56 Å². The Morgan fingerprint density at radius 2 is 2.12 bits per heavy atom. The topological polar surface area (TPSA) is 30.0 Å². The van der Waals surface area contributed by atoms with Crippen molar-refractivity contribution in [1.82, 2.24) is 4.98 Å². The molecule has 0 N–H and O–H groups in total. The first-order valence-corrected chi connectivity index (χ1v) is 5.83. The van der Waals surface area contributed by atoms with Gasteiger partial charge in [-0.05, 0) is 23.6 Å². The molecule has 1 heterocycles. The zero-order valence-corrected chi connectivity index (χ0v) is 10.2. The summed E-state index contributed by atoms with van der Waals surface area (Å²) >= 11 is 5.82. The minimum atomic E-state index is 0.248. The number of aldehydes is 1. The van der Waals surface area contributed by atoms with Crippen LogP contribution < -0.4 is 0 Å². The summed E-state index contributed by atoms with van der Waals surface area (Å²) in [5.41, 5.74) is 3.68. The van der Waals surface area contributed by atoms with E-state index in [0.29, 0.717) is 5.56 Å². The molecular formula is C14H12ClNO. The Bertz CT molecular complexity index is 552. The SMILES string of the molecule is CCc1ccccc1-c1cnc(Cl)c(C=O)c1. The maximum Gasteiger partial charge on any atom is 0.153 e. The third-order valence-electron chi connectivity index (χ3n) is 2.70. The zero-order valence-electron chi connectivity index (χ0n) is 9.48. The first kappa shape index (κ1) is 11.8. The van der Waals surface area contributed by atoms with Crippen LogP contribution in [0.2, 0.25) is 5.15 Å². The van der Waals surface area contributed by atoms with Crippen molar-refractivity contribution in [3.63, 3.8) is 0 Å². The van der Waals surface area contributed by atoms with Gasteiger partial charge >= 0.3 is 0 Å². The molecule has 0 saturated heterocycles. The summed E-state index contributed by atoms with van der Waals surface area (Å²) in [4.78, 5) is 14.9. The van der Waals surface area contributed by atoms with Crippen LogP contribution in [0.25, 0.3) is 11.1 Å². The molecule has 2 rings (SSSR count). The molecular weight excluding hydrogens is 234 g/mol. The molecule has 3 heteroatoms. The lowest BCUT2D eigenvalue weighted by molar-refractivity contribution is 0.112. The summed E-state index contributed by atoms with van der Waals surface area (Å²) < 4.78 is 0. The van der Waals surface area contributed by atoms with Crippen LogP contribution >= 0.6 is 11.6 Å². The van der Waals surface area contributed by atoms with Crippen molar-refractivity contribution in [2.75, 3.05) is 0 Å². The maximum absolute atomic E-state index is 10.8.